The summed E-state index contributed by atoms with van der Waals surface area (Å²) >= 11 is 6.18. The predicted molar refractivity (Wildman–Crippen MR) is 109 cm³/mol. The molecule has 1 amide bonds. The van der Waals surface area contributed by atoms with Gasteiger partial charge in [-0.2, -0.15) is 0 Å². The molecule has 1 saturated heterocycles. The molecule has 2 fully saturated rings. The first kappa shape index (κ1) is 20.1. The Bertz CT molecular complexity index is 847. The second-order valence-electron chi connectivity index (χ2n) is 7.96. The van der Waals surface area contributed by atoms with E-state index in [-0.39, 0.29) is 12.5 Å². The first-order valence-electron chi connectivity index (χ1n) is 10.3. The Hall–Kier alpha value is -2.21. The van der Waals surface area contributed by atoms with Crippen LogP contribution in [0.5, 0.6) is 11.5 Å². The van der Waals surface area contributed by atoms with Gasteiger partial charge in [0, 0.05) is 25.2 Å². The molecule has 1 aromatic carbocycles. The van der Waals surface area contributed by atoms with Crippen LogP contribution in [0.25, 0.3) is 0 Å². The van der Waals surface area contributed by atoms with E-state index in [2.05, 4.69) is 5.16 Å². The van der Waals surface area contributed by atoms with Crippen molar-refractivity contribution < 1.29 is 18.8 Å². The van der Waals surface area contributed by atoms with Crippen LogP contribution in [0.4, 0.5) is 0 Å². The van der Waals surface area contributed by atoms with Crippen LogP contribution in [0.3, 0.4) is 0 Å². The quantitative estimate of drug-likeness (QED) is 0.663. The summed E-state index contributed by atoms with van der Waals surface area (Å²) in [5.74, 6) is 3.02. The Morgan fingerprint density at radius 1 is 1.21 bits per heavy atom. The van der Waals surface area contributed by atoms with Crippen molar-refractivity contribution in [2.45, 2.75) is 45.1 Å². The summed E-state index contributed by atoms with van der Waals surface area (Å²) in [6.07, 6.45) is 7.75. The minimum Gasteiger partial charge on any atom is -0.497 e. The molecule has 7 heteroatoms. The summed E-state index contributed by atoms with van der Waals surface area (Å²) in [4.78, 5) is 14.7. The molecule has 1 aliphatic carbocycles. The van der Waals surface area contributed by atoms with Gasteiger partial charge in [-0.25, -0.2) is 0 Å². The number of aromatic nitrogens is 1. The van der Waals surface area contributed by atoms with E-state index in [1.54, 1.807) is 31.4 Å². The van der Waals surface area contributed by atoms with Gasteiger partial charge in [-0.3, -0.25) is 4.79 Å². The van der Waals surface area contributed by atoms with Crippen molar-refractivity contribution in [3.63, 3.8) is 0 Å². The lowest BCUT2D eigenvalue weighted by Gasteiger charge is -2.27. The zero-order valence-electron chi connectivity index (χ0n) is 16.7. The minimum atomic E-state index is -0.0548. The van der Waals surface area contributed by atoms with Gasteiger partial charge in [0.1, 0.15) is 18.1 Å². The maximum absolute atomic E-state index is 12.8. The number of carbonyl (C=O) groups is 1. The Labute approximate surface area is 176 Å². The first-order valence-corrected chi connectivity index (χ1v) is 10.7. The number of carbonyl (C=O) groups excluding carboxylic acids is 1. The van der Waals surface area contributed by atoms with Crippen LogP contribution in [0, 0.1) is 11.8 Å². The number of halogens is 1. The molecule has 0 spiro atoms. The summed E-state index contributed by atoms with van der Waals surface area (Å²) in [5, 5.41) is 4.41. The van der Waals surface area contributed by atoms with Crippen molar-refractivity contribution in [1.82, 2.24) is 10.1 Å². The number of ether oxygens (including phenoxy) is 2. The maximum Gasteiger partial charge on any atom is 0.276 e. The molecule has 1 atom stereocenters. The van der Waals surface area contributed by atoms with Gasteiger partial charge in [0.15, 0.2) is 11.5 Å². The van der Waals surface area contributed by atoms with E-state index in [0.29, 0.717) is 33.9 Å². The van der Waals surface area contributed by atoms with Crippen LogP contribution in [0.2, 0.25) is 5.02 Å². The van der Waals surface area contributed by atoms with Crippen molar-refractivity contribution in [2.75, 3.05) is 20.2 Å². The average molecular weight is 419 g/mol. The van der Waals surface area contributed by atoms with Gasteiger partial charge in [-0.1, -0.05) is 48.9 Å². The van der Waals surface area contributed by atoms with Crippen LogP contribution >= 0.6 is 11.6 Å². The van der Waals surface area contributed by atoms with E-state index >= 15 is 0 Å². The van der Waals surface area contributed by atoms with Gasteiger partial charge in [-0.15, -0.1) is 0 Å². The highest BCUT2D eigenvalue weighted by atomic mass is 35.5. The van der Waals surface area contributed by atoms with Crippen molar-refractivity contribution >= 4 is 17.5 Å². The van der Waals surface area contributed by atoms with Gasteiger partial charge in [0.2, 0.25) is 0 Å². The third-order valence-electron chi connectivity index (χ3n) is 6.12. The normalized spacial score (nSPS) is 20.1. The number of rotatable bonds is 6. The molecule has 4 rings (SSSR count). The molecule has 2 heterocycles. The number of amides is 1. The largest absolute Gasteiger partial charge is 0.497 e. The lowest BCUT2D eigenvalue weighted by atomic mass is 9.80. The Morgan fingerprint density at radius 3 is 2.79 bits per heavy atom. The molecule has 6 nitrogen and oxygen atoms in total. The molecule has 29 heavy (non-hydrogen) atoms. The molecule has 2 aromatic rings. The van der Waals surface area contributed by atoms with E-state index in [9.17, 15) is 4.79 Å². The smallest absolute Gasteiger partial charge is 0.276 e. The van der Waals surface area contributed by atoms with Crippen LogP contribution in [0.1, 0.15) is 54.8 Å². The summed E-state index contributed by atoms with van der Waals surface area (Å²) in [7, 11) is 1.58. The van der Waals surface area contributed by atoms with E-state index < -0.39 is 0 Å². The number of hydrogen-bond acceptors (Lipinski definition) is 5. The van der Waals surface area contributed by atoms with Crippen LogP contribution in [-0.4, -0.2) is 36.2 Å². The van der Waals surface area contributed by atoms with Gasteiger partial charge in [0.05, 0.1) is 12.1 Å². The van der Waals surface area contributed by atoms with Crippen molar-refractivity contribution in [3.05, 3.63) is 40.7 Å². The van der Waals surface area contributed by atoms with Gasteiger partial charge >= 0.3 is 0 Å². The summed E-state index contributed by atoms with van der Waals surface area (Å²) in [5.41, 5.74) is 0.341. The number of methoxy groups -OCH3 is 1. The second kappa shape index (κ2) is 9.08. The van der Waals surface area contributed by atoms with E-state index in [1.807, 2.05) is 4.90 Å². The maximum atomic E-state index is 12.8. The molecule has 0 radical (unpaired) electrons. The fourth-order valence-corrected chi connectivity index (χ4v) is 4.71. The molecule has 156 valence electrons. The number of nitrogens with zero attached hydrogens (tertiary/aromatic N) is 2. The predicted octanol–water partition coefficient (Wildman–Crippen LogP) is 4.96. The van der Waals surface area contributed by atoms with Crippen LogP contribution in [0.15, 0.2) is 28.8 Å². The minimum absolute atomic E-state index is 0.0548. The van der Waals surface area contributed by atoms with Crippen molar-refractivity contribution in [3.8, 4) is 11.5 Å². The Balaban J connectivity index is 1.32. The zero-order valence-corrected chi connectivity index (χ0v) is 17.5. The molecule has 1 aromatic heterocycles. The molecule has 0 unspecified atom stereocenters. The zero-order chi connectivity index (χ0) is 20.2. The SMILES string of the molecule is COc1ccc(OCc2cc(C(=O)N3CC[C@@H](C4CCCCC4)C3)no2)c(Cl)c1. The highest BCUT2D eigenvalue weighted by Crippen LogP contribution is 2.35. The van der Waals surface area contributed by atoms with E-state index in [1.165, 1.54) is 32.1 Å². The van der Waals surface area contributed by atoms with Crippen molar-refractivity contribution in [2.24, 2.45) is 11.8 Å². The lowest BCUT2D eigenvalue weighted by molar-refractivity contribution is 0.0769. The monoisotopic (exact) mass is 418 g/mol. The summed E-state index contributed by atoms with van der Waals surface area (Å²) in [6.45, 7) is 1.79. The van der Waals surface area contributed by atoms with Crippen LogP contribution < -0.4 is 9.47 Å². The third kappa shape index (κ3) is 4.69. The molecule has 1 saturated carbocycles. The van der Waals surface area contributed by atoms with Gasteiger partial charge < -0.3 is 18.9 Å². The standard InChI is InChI=1S/C22H27ClN2O4/c1-27-17-7-8-21(19(23)11-17)28-14-18-12-20(24-29-18)22(26)25-10-9-16(13-25)15-5-3-2-4-6-15/h7-8,11-12,15-16H,2-6,9-10,13-14H2,1H3/t16-/m1/s1. The fourth-order valence-electron chi connectivity index (χ4n) is 4.48. The topological polar surface area (TPSA) is 64.8 Å². The highest BCUT2D eigenvalue weighted by molar-refractivity contribution is 6.32. The van der Waals surface area contributed by atoms with Crippen molar-refractivity contribution in [1.29, 1.82) is 0 Å². The van der Waals surface area contributed by atoms with E-state index in [4.69, 9.17) is 25.6 Å². The summed E-state index contributed by atoms with van der Waals surface area (Å²) in [6, 6.07) is 6.85. The van der Waals surface area contributed by atoms with E-state index in [0.717, 1.165) is 25.4 Å². The molecular formula is C22H27ClN2O4. The number of benzene rings is 1. The Morgan fingerprint density at radius 2 is 2.03 bits per heavy atom. The van der Waals surface area contributed by atoms with Gasteiger partial charge in [-0.05, 0) is 30.4 Å². The fraction of sp³-hybridized carbons (Fsp3) is 0.545. The molecule has 2 aliphatic rings. The Kier molecular flexibility index (Phi) is 6.28. The average Bonchev–Trinajstić information content (AvgIpc) is 3.43. The highest BCUT2D eigenvalue weighted by Gasteiger charge is 2.33. The molecule has 1 aliphatic heterocycles. The van der Waals surface area contributed by atoms with Crippen LogP contribution in [-0.2, 0) is 6.61 Å². The molecule has 0 N–H and O–H groups in total. The third-order valence-corrected chi connectivity index (χ3v) is 6.41. The van der Waals surface area contributed by atoms with Gasteiger partial charge in [0.25, 0.3) is 5.91 Å². The first-order chi connectivity index (χ1) is 14.1. The lowest BCUT2D eigenvalue weighted by Crippen LogP contribution is -2.30. The number of hydrogen-bond donors (Lipinski definition) is 0. The second-order valence-corrected chi connectivity index (χ2v) is 8.37. The number of likely N-dealkylation sites (tertiary alicyclic amines) is 1. The summed E-state index contributed by atoms with van der Waals surface area (Å²) < 4.78 is 16.1. The molecular weight excluding hydrogens is 392 g/mol. The molecule has 0 bridgehead atoms.